The number of ether oxygens (including phenoxy) is 1. The van der Waals surface area contributed by atoms with Gasteiger partial charge < -0.3 is 15.0 Å². The summed E-state index contributed by atoms with van der Waals surface area (Å²) in [5.41, 5.74) is 1.16. The molecule has 1 aromatic carbocycles. The Labute approximate surface area is 150 Å². The quantitative estimate of drug-likeness (QED) is 0.630. The number of benzene rings is 1. The predicted octanol–water partition coefficient (Wildman–Crippen LogP) is 4.11. The molecule has 118 valence electrons. The Balaban J connectivity index is 0. The van der Waals surface area contributed by atoms with Crippen molar-refractivity contribution >= 4 is 56.7 Å². The molecule has 0 spiro atoms. The van der Waals surface area contributed by atoms with Crippen molar-refractivity contribution in [2.24, 2.45) is 0 Å². The first-order valence-electron chi connectivity index (χ1n) is 5.92. The third-order valence-corrected chi connectivity index (χ3v) is 3.61. The zero-order valence-corrected chi connectivity index (χ0v) is 16.7. The fourth-order valence-electron chi connectivity index (χ4n) is 1.72. The molecule has 1 rings (SSSR count). The van der Waals surface area contributed by atoms with E-state index in [0.717, 1.165) is 46.3 Å². The average molecular weight is 453 g/mol. The van der Waals surface area contributed by atoms with Crippen LogP contribution in [0.2, 0.25) is 0 Å². The molecule has 0 aliphatic rings. The van der Waals surface area contributed by atoms with Crippen LogP contribution in [-0.4, -0.2) is 39.2 Å². The number of hydrogen-bond donors (Lipinski definition) is 1. The molecule has 0 amide bonds. The highest BCUT2D eigenvalue weighted by atomic mass is 79.9. The topological polar surface area (TPSA) is 24.5 Å². The summed E-state index contributed by atoms with van der Waals surface area (Å²) in [6.45, 7) is 2.92. The van der Waals surface area contributed by atoms with Crippen LogP contribution in [0.15, 0.2) is 21.1 Å². The number of hydrogen-bond acceptors (Lipinski definition) is 3. The maximum atomic E-state index is 5.41. The van der Waals surface area contributed by atoms with Crippen LogP contribution in [0.4, 0.5) is 0 Å². The van der Waals surface area contributed by atoms with Crippen molar-refractivity contribution in [3.8, 4) is 5.75 Å². The standard InChI is InChI=1S/C13H20Br2N2O.2ClH/c1-17(2)6-4-5-16-9-10-7-11(14)8-12(15)13(10)18-3;;/h7-8,16H,4-6,9H2,1-3H3;2*1H. The van der Waals surface area contributed by atoms with Gasteiger partial charge in [0.1, 0.15) is 5.75 Å². The van der Waals surface area contributed by atoms with Crippen LogP contribution in [0.3, 0.4) is 0 Å². The van der Waals surface area contributed by atoms with Crippen molar-refractivity contribution in [2.75, 3.05) is 34.3 Å². The van der Waals surface area contributed by atoms with Crippen LogP contribution < -0.4 is 10.1 Å². The summed E-state index contributed by atoms with van der Waals surface area (Å²) >= 11 is 7.01. The normalized spacial score (nSPS) is 9.90. The van der Waals surface area contributed by atoms with Gasteiger partial charge in [0, 0.05) is 16.6 Å². The van der Waals surface area contributed by atoms with Gasteiger partial charge in [-0.25, -0.2) is 0 Å². The van der Waals surface area contributed by atoms with Crippen molar-refractivity contribution in [1.82, 2.24) is 10.2 Å². The Morgan fingerprint density at radius 1 is 1.20 bits per heavy atom. The number of rotatable bonds is 7. The van der Waals surface area contributed by atoms with E-state index in [4.69, 9.17) is 4.74 Å². The summed E-state index contributed by atoms with van der Waals surface area (Å²) in [7, 11) is 5.88. The van der Waals surface area contributed by atoms with Crippen molar-refractivity contribution < 1.29 is 4.74 Å². The van der Waals surface area contributed by atoms with Crippen LogP contribution in [0.5, 0.6) is 5.75 Å². The maximum Gasteiger partial charge on any atom is 0.137 e. The summed E-state index contributed by atoms with van der Waals surface area (Å²) in [5, 5.41) is 3.44. The molecule has 0 saturated heterocycles. The summed E-state index contributed by atoms with van der Waals surface area (Å²) in [5.74, 6) is 0.901. The Morgan fingerprint density at radius 2 is 1.85 bits per heavy atom. The SMILES string of the molecule is COc1c(Br)cc(Br)cc1CNCCCN(C)C.Cl.Cl. The number of nitrogens with zero attached hydrogens (tertiary/aromatic N) is 1. The van der Waals surface area contributed by atoms with Crippen molar-refractivity contribution in [1.29, 1.82) is 0 Å². The van der Waals surface area contributed by atoms with E-state index >= 15 is 0 Å². The molecule has 0 heterocycles. The Bertz CT molecular complexity index is 393. The van der Waals surface area contributed by atoms with E-state index in [9.17, 15) is 0 Å². The van der Waals surface area contributed by atoms with Crippen molar-refractivity contribution in [3.63, 3.8) is 0 Å². The molecular weight excluding hydrogens is 431 g/mol. The van der Waals surface area contributed by atoms with Gasteiger partial charge in [-0.2, -0.15) is 0 Å². The minimum absolute atomic E-state index is 0. The second-order valence-electron chi connectivity index (χ2n) is 4.41. The molecule has 7 heteroatoms. The second kappa shape index (κ2) is 12.1. The number of methoxy groups -OCH3 is 1. The van der Waals surface area contributed by atoms with Gasteiger partial charge in [0.25, 0.3) is 0 Å². The molecule has 0 saturated carbocycles. The van der Waals surface area contributed by atoms with E-state index in [1.165, 1.54) is 0 Å². The molecule has 0 atom stereocenters. The lowest BCUT2D eigenvalue weighted by Gasteiger charge is -2.13. The summed E-state index contributed by atoms with van der Waals surface area (Å²) in [4.78, 5) is 2.19. The van der Waals surface area contributed by atoms with Gasteiger partial charge in [-0.15, -0.1) is 24.8 Å². The third-order valence-electron chi connectivity index (χ3n) is 2.56. The maximum absolute atomic E-state index is 5.41. The molecule has 20 heavy (non-hydrogen) atoms. The zero-order chi connectivity index (χ0) is 13.5. The van der Waals surface area contributed by atoms with Crippen LogP contribution in [0, 0.1) is 0 Å². The van der Waals surface area contributed by atoms with Crippen LogP contribution in [0.25, 0.3) is 0 Å². The van der Waals surface area contributed by atoms with Gasteiger partial charge in [0.2, 0.25) is 0 Å². The summed E-state index contributed by atoms with van der Waals surface area (Å²) < 4.78 is 7.44. The highest BCUT2D eigenvalue weighted by Crippen LogP contribution is 2.32. The van der Waals surface area contributed by atoms with E-state index < -0.39 is 0 Å². The molecule has 0 aromatic heterocycles. The van der Waals surface area contributed by atoms with E-state index in [1.807, 2.05) is 6.07 Å². The highest BCUT2D eigenvalue weighted by Gasteiger charge is 2.08. The van der Waals surface area contributed by atoms with Crippen LogP contribution >= 0.6 is 56.7 Å². The Hall–Kier alpha value is 0.480. The van der Waals surface area contributed by atoms with E-state index in [-0.39, 0.29) is 24.8 Å². The first-order valence-corrected chi connectivity index (χ1v) is 7.50. The van der Waals surface area contributed by atoms with E-state index in [0.29, 0.717) is 0 Å². The smallest absolute Gasteiger partial charge is 0.137 e. The van der Waals surface area contributed by atoms with Gasteiger partial charge in [-0.1, -0.05) is 15.9 Å². The molecule has 1 aromatic rings. The number of halogens is 4. The van der Waals surface area contributed by atoms with Crippen molar-refractivity contribution in [2.45, 2.75) is 13.0 Å². The van der Waals surface area contributed by atoms with Gasteiger partial charge >= 0.3 is 0 Å². The molecule has 0 bridgehead atoms. The molecule has 0 aliphatic heterocycles. The minimum atomic E-state index is 0. The largest absolute Gasteiger partial charge is 0.495 e. The predicted molar refractivity (Wildman–Crippen MR) is 97.8 cm³/mol. The molecule has 0 fully saturated rings. The molecule has 3 nitrogen and oxygen atoms in total. The molecule has 0 radical (unpaired) electrons. The number of nitrogens with one attached hydrogen (secondary N) is 1. The van der Waals surface area contributed by atoms with Gasteiger partial charge in [0.05, 0.1) is 11.6 Å². The van der Waals surface area contributed by atoms with Gasteiger partial charge in [-0.05, 0) is 61.7 Å². The summed E-state index contributed by atoms with van der Waals surface area (Å²) in [6, 6.07) is 4.08. The first-order chi connectivity index (χ1) is 8.54. The fraction of sp³-hybridized carbons (Fsp3) is 0.538. The lowest BCUT2D eigenvalue weighted by atomic mass is 10.2. The monoisotopic (exact) mass is 450 g/mol. The minimum Gasteiger partial charge on any atom is -0.495 e. The third kappa shape index (κ3) is 8.05. The summed E-state index contributed by atoms with van der Waals surface area (Å²) in [6.07, 6.45) is 1.14. The van der Waals surface area contributed by atoms with Crippen LogP contribution in [-0.2, 0) is 6.54 Å². The molecule has 0 aliphatic carbocycles. The van der Waals surface area contributed by atoms with Gasteiger partial charge in [0.15, 0.2) is 0 Å². The average Bonchev–Trinajstić information content (AvgIpc) is 2.27. The lowest BCUT2D eigenvalue weighted by Crippen LogP contribution is -2.21. The van der Waals surface area contributed by atoms with Gasteiger partial charge in [-0.3, -0.25) is 0 Å². The van der Waals surface area contributed by atoms with E-state index in [2.05, 4.69) is 62.2 Å². The fourth-order valence-corrected chi connectivity index (χ4v) is 3.19. The van der Waals surface area contributed by atoms with Crippen LogP contribution in [0.1, 0.15) is 12.0 Å². The molecular formula is C13H22Br2Cl2N2O. The highest BCUT2D eigenvalue weighted by molar-refractivity contribution is 9.11. The Morgan fingerprint density at radius 3 is 2.40 bits per heavy atom. The lowest BCUT2D eigenvalue weighted by molar-refractivity contribution is 0.390. The molecule has 1 N–H and O–H groups in total. The van der Waals surface area contributed by atoms with E-state index in [1.54, 1.807) is 7.11 Å². The first kappa shape index (κ1) is 22.8. The Kier molecular flexibility index (Phi) is 13.7. The second-order valence-corrected chi connectivity index (χ2v) is 6.18. The molecule has 0 unspecified atom stereocenters. The zero-order valence-electron chi connectivity index (χ0n) is 11.9. The van der Waals surface area contributed by atoms with Crippen molar-refractivity contribution in [3.05, 3.63) is 26.6 Å².